The summed E-state index contributed by atoms with van der Waals surface area (Å²) in [7, 11) is 1.87. The molecule has 0 spiro atoms. The van der Waals surface area contributed by atoms with Crippen LogP contribution in [0, 0.1) is 0 Å². The van der Waals surface area contributed by atoms with Crippen molar-refractivity contribution in [1.29, 1.82) is 0 Å². The van der Waals surface area contributed by atoms with Crippen LogP contribution in [0.5, 0.6) is 0 Å². The zero-order valence-electron chi connectivity index (χ0n) is 10.4. The van der Waals surface area contributed by atoms with Crippen LogP contribution in [0.1, 0.15) is 12.5 Å². The molecule has 0 unspecified atom stereocenters. The number of rotatable bonds is 3. The van der Waals surface area contributed by atoms with Crippen LogP contribution in [-0.2, 0) is 6.54 Å². The maximum atomic E-state index is 6.14. The zero-order chi connectivity index (χ0) is 12.1. The highest BCUT2D eigenvalue weighted by atomic mass is 35.5. The van der Waals surface area contributed by atoms with Crippen LogP contribution in [0.25, 0.3) is 0 Å². The van der Waals surface area contributed by atoms with Gasteiger partial charge in [-0.1, -0.05) is 23.7 Å². The van der Waals surface area contributed by atoms with Crippen molar-refractivity contribution in [3.63, 3.8) is 0 Å². The Morgan fingerprint density at radius 2 is 2.00 bits per heavy atom. The van der Waals surface area contributed by atoms with Gasteiger partial charge in [0.2, 0.25) is 0 Å². The van der Waals surface area contributed by atoms with Gasteiger partial charge in [-0.25, -0.2) is 4.99 Å². The molecule has 7 heteroatoms. The Morgan fingerprint density at radius 3 is 2.50 bits per heavy atom. The molecular formula is C11H19Cl3N4. The van der Waals surface area contributed by atoms with Gasteiger partial charge in [-0.15, -0.1) is 24.8 Å². The van der Waals surface area contributed by atoms with Crippen LogP contribution in [0.2, 0.25) is 5.02 Å². The Bertz CT molecular complexity index is 396. The van der Waals surface area contributed by atoms with Gasteiger partial charge in [-0.05, 0) is 18.6 Å². The summed E-state index contributed by atoms with van der Waals surface area (Å²) in [6.45, 7) is 3.19. The predicted octanol–water partition coefficient (Wildman–Crippen LogP) is 2.54. The average Bonchev–Trinajstić information content (AvgIpc) is 2.30. The second kappa shape index (κ2) is 9.28. The van der Waals surface area contributed by atoms with Crippen LogP contribution in [0.15, 0.2) is 23.2 Å². The highest BCUT2D eigenvalue weighted by Crippen LogP contribution is 2.28. The standard InChI is InChI=1S/C11H17ClN4.2ClH/c1-3-16(2)11(14)15-9-6-4-5-8(7-13)10(9)12;;/h4-6H,3,7,13H2,1-2H3,(H2,14,15);2*1H. The molecule has 1 aromatic carbocycles. The van der Waals surface area contributed by atoms with Crippen molar-refractivity contribution in [2.75, 3.05) is 13.6 Å². The summed E-state index contributed by atoms with van der Waals surface area (Å²) >= 11 is 6.14. The van der Waals surface area contributed by atoms with E-state index in [0.717, 1.165) is 12.1 Å². The Morgan fingerprint density at radius 1 is 1.39 bits per heavy atom. The molecule has 1 aromatic rings. The van der Waals surface area contributed by atoms with Gasteiger partial charge in [-0.2, -0.15) is 0 Å². The first-order chi connectivity index (χ1) is 7.60. The molecule has 0 aliphatic carbocycles. The van der Waals surface area contributed by atoms with Crippen LogP contribution in [0.3, 0.4) is 0 Å². The van der Waals surface area contributed by atoms with E-state index in [1.807, 2.05) is 37.1 Å². The first-order valence-corrected chi connectivity index (χ1v) is 5.50. The monoisotopic (exact) mass is 312 g/mol. The number of halogens is 3. The molecule has 0 radical (unpaired) electrons. The van der Waals surface area contributed by atoms with E-state index in [9.17, 15) is 0 Å². The summed E-state index contributed by atoms with van der Waals surface area (Å²) in [5, 5.41) is 0.567. The molecule has 1 rings (SSSR count). The smallest absolute Gasteiger partial charge is 0.196 e. The number of benzene rings is 1. The number of aliphatic imine (C=N–C) groups is 1. The van der Waals surface area contributed by atoms with E-state index in [1.165, 1.54) is 0 Å². The van der Waals surface area contributed by atoms with Crippen molar-refractivity contribution in [1.82, 2.24) is 4.90 Å². The van der Waals surface area contributed by atoms with Crippen LogP contribution >= 0.6 is 36.4 Å². The van der Waals surface area contributed by atoms with Crippen molar-refractivity contribution in [3.05, 3.63) is 28.8 Å². The third kappa shape index (κ3) is 4.90. The molecule has 0 atom stereocenters. The first kappa shape index (κ1) is 19.7. The lowest BCUT2D eigenvalue weighted by atomic mass is 10.2. The number of hydrogen-bond donors (Lipinski definition) is 2. The quantitative estimate of drug-likeness (QED) is 0.665. The van der Waals surface area contributed by atoms with Crippen molar-refractivity contribution in [2.24, 2.45) is 16.5 Å². The lowest BCUT2D eigenvalue weighted by Crippen LogP contribution is -2.33. The molecule has 0 saturated carbocycles. The average molecular weight is 314 g/mol. The minimum Gasteiger partial charge on any atom is -0.369 e. The highest BCUT2D eigenvalue weighted by Gasteiger charge is 2.05. The fraction of sp³-hybridized carbons (Fsp3) is 0.364. The zero-order valence-corrected chi connectivity index (χ0v) is 12.8. The van der Waals surface area contributed by atoms with E-state index in [4.69, 9.17) is 23.1 Å². The fourth-order valence-corrected chi connectivity index (χ4v) is 1.43. The second-order valence-corrected chi connectivity index (χ2v) is 3.82. The van der Waals surface area contributed by atoms with Crippen LogP contribution in [-0.4, -0.2) is 24.5 Å². The molecule has 18 heavy (non-hydrogen) atoms. The molecule has 4 N–H and O–H groups in total. The summed E-state index contributed by atoms with van der Waals surface area (Å²) in [6, 6.07) is 5.56. The Hall–Kier alpha value is -0.680. The number of guanidine groups is 1. The second-order valence-electron chi connectivity index (χ2n) is 3.44. The largest absolute Gasteiger partial charge is 0.369 e. The molecule has 0 aliphatic rings. The van der Waals surface area contributed by atoms with Gasteiger partial charge in [0.25, 0.3) is 0 Å². The van der Waals surface area contributed by atoms with Gasteiger partial charge in [0.05, 0.1) is 10.7 Å². The first-order valence-electron chi connectivity index (χ1n) is 5.12. The van der Waals surface area contributed by atoms with Crippen molar-refractivity contribution >= 4 is 48.1 Å². The van der Waals surface area contributed by atoms with Crippen LogP contribution in [0.4, 0.5) is 5.69 Å². The molecule has 0 fully saturated rings. The molecule has 4 nitrogen and oxygen atoms in total. The molecule has 0 amide bonds. The normalized spacial score (nSPS) is 10.3. The van der Waals surface area contributed by atoms with Gasteiger partial charge in [-0.3, -0.25) is 0 Å². The molecule has 0 bridgehead atoms. The van der Waals surface area contributed by atoms with E-state index in [-0.39, 0.29) is 24.8 Å². The van der Waals surface area contributed by atoms with E-state index < -0.39 is 0 Å². The molecule has 0 heterocycles. The Kier molecular flexibility index (Phi) is 10.1. The molecule has 0 aromatic heterocycles. The van der Waals surface area contributed by atoms with E-state index in [0.29, 0.717) is 23.2 Å². The molecular weight excluding hydrogens is 295 g/mol. The lowest BCUT2D eigenvalue weighted by molar-refractivity contribution is 0.529. The topological polar surface area (TPSA) is 67.6 Å². The van der Waals surface area contributed by atoms with Gasteiger partial charge in [0.1, 0.15) is 0 Å². The molecule has 0 aliphatic heterocycles. The van der Waals surface area contributed by atoms with Gasteiger partial charge in [0.15, 0.2) is 5.96 Å². The van der Waals surface area contributed by atoms with E-state index in [2.05, 4.69) is 4.99 Å². The van der Waals surface area contributed by atoms with Crippen molar-refractivity contribution in [3.8, 4) is 0 Å². The van der Waals surface area contributed by atoms with Gasteiger partial charge >= 0.3 is 0 Å². The number of hydrogen-bond acceptors (Lipinski definition) is 2. The summed E-state index contributed by atoms with van der Waals surface area (Å²) in [6.07, 6.45) is 0. The highest BCUT2D eigenvalue weighted by molar-refractivity contribution is 6.33. The van der Waals surface area contributed by atoms with Crippen molar-refractivity contribution in [2.45, 2.75) is 13.5 Å². The predicted molar refractivity (Wildman–Crippen MR) is 83.4 cm³/mol. The molecule has 0 saturated heterocycles. The summed E-state index contributed by atoms with van der Waals surface area (Å²) in [4.78, 5) is 6.11. The SMILES string of the molecule is CCN(C)C(N)=Nc1cccc(CN)c1Cl.Cl.Cl. The lowest BCUT2D eigenvalue weighted by Gasteiger charge is -2.15. The number of nitrogens with zero attached hydrogens (tertiary/aromatic N) is 2. The fourth-order valence-electron chi connectivity index (χ4n) is 1.18. The molecule has 104 valence electrons. The third-order valence-corrected chi connectivity index (χ3v) is 2.82. The number of nitrogens with two attached hydrogens (primary N) is 2. The maximum absolute atomic E-state index is 6.14. The summed E-state index contributed by atoms with van der Waals surface area (Å²) in [5.74, 6) is 0.443. The van der Waals surface area contributed by atoms with Crippen molar-refractivity contribution < 1.29 is 0 Å². The third-order valence-electron chi connectivity index (χ3n) is 2.38. The Labute approximate surface area is 125 Å². The van der Waals surface area contributed by atoms with Crippen LogP contribution < -0.4 is 11.5 Å². The Balaban J connectivity index is 0. The van der Waals surface area contributed by atoms with Gasteiger partial charge in [0, 0.05) is 20.1 Å². The van der Waals surface area contributed by atoms with E-state index in [1.54, 1.807) is 0 Å². The maximum Gasteiger partial charge on any atom is 0.196 e. The summed E-state index contributed by atoms with van der Waals surface area (Å²) in [5.41, 5.74) is 12.9. The summed E-state index contributed by atoms with van der Waals surface area (Å²) < 4.78 is 0. The van der Waals surface area contributed by atoms with E-state index >= 15 is 0 Å². The minimum absolute atomic E-state index is 0. The minimum atomic E-state index is 0. The van der Waals surface area contributed by atoms with Gasteiger partial charge < -0.3 is 16.4 Å².